The van der Waals surface area contributed by atoms with E-state index in [9.17, 15) is 0 Å². The number of methoxy groups -OCH3 is 1. The van der Waals surface area contributed by atoms with E-state index >= 15 is 0 Å². The van der Waals surface area contributed by atoms with Gasteiger partial charge in [-0.15, -0.1) is 0 Å². The lowest BCUT2D eigenvalue weighted by Crippen LogP contribution is -2.41. The molecule has 0 fully saturated rings. The standard InChI is InChI=1S/C8H16N2O/c1-4-8(2,7-9)10-5-6-11-3/h10H,4-6H2,1-3H3. The van der Waals surface area contributed by atoms with E-state index in [0.29, 0.717) is 6.61 Å². The van der Waals surface area contributed by atoms with Crippen molar-refractivity contribution in [1.29, 1.82) is 5.26 Å². The molecule has 0 aliphatic carbocycles. The van der Waals surface area contributed by atoms with Gasteiger partial charge in [-0.25, -0.2) is 0 Å². The van der Waals surface area contributed by atoms with Gasteiger partial charge in [-0.05, 0) is 13.3 Å². The van der Waals surface area contributed by atoms with Crippen molar-refractivity contribution in [3.05, 3.63) is 0 Å². The molecule has 0 heterocycles. The SMILES string of the molecule is CCC(C)(C#N)NCCOC. The maximum Gasteiger partial charge on any atom is 0.103 e. The Labute approximate surface area is 68.3 Å². The van der Waals surface area contributed by atoms with Crippen molar-refractivity contribution in [3.8, 4) is 6.07 Å². The van der Waals surface area contributed by atoms with Gasteiger partial charge in [-0.3, -0.25) is 5.32 Å². The van der Waals surface area contributed by atoms with Crippen molar-refractivity contribution in [2.24, 2.45) is 0 Å². The van der Waals surface area contributed by atoms with Crippen molar-refractivity contribution in [2.75, 3.05) is 20.3 Å². The Bertz CT molecular complexity index is 142. The number of nitriles is 1. The molecule has 0 aromatic rings. The Hall–Kier alpha value is -0.590. The molecule has 0 radical (unpaired) electrons. The van der Waals surface area contributed by atoms with Crippen LogP contribution >= 0.6 is 0 Å². The molecule has 0 aliphatic heterocycles. The molecule has 3 nitrogen and oxygen atoms in total. The highest BCUT2D eigenvalue weighted by Gasteiger charge is 2.18. The van der Waals surface area contributed by atoms with Crippen LogP contribution in [0, 0.1) is 11.3 Å². The Balaban J connectivity index is 3.63. The number of nitrogens with one attached hydrogen (secondary N) is 1. The van der Waals surface area contributed by atoms with Crippen LogP contribution in [0.5, 0.6) is 0 Å². The molecule has 3 heteroatoms. The van der Waals surface area contributed by atoms with E-state index in [1.807, 2.05) is 13.8 Å². The third-order valence-corrected chi connectivity index (χ3v) is 1.78. The van der Waals surface area contributed by atoms with E-state index in [4.69, 9.17) is 10.00 Å². The molecule has 0 spiro atoms. The van der Waals surface area contributed by atoms with E-state index in [0.717, 1.165) is 13.0 Å². The summed E-state index contributed by atoms with van der Waals surface area (Å²) in [5, 5.41) is 11.8. The second-order valence-electron chi connectivity index (χ2n) is 2.72. The molecule has 1 N–H and O–H groups in total. The van der Waals surface area contributed by atoms with Gasteiger partial charge in [-0.2, -0.15) is 5.26 Å². The summed E-state index contributed by atoms with van der Waals surface area (Å²) in [7, 11) is 1.65. The summed E-state index contributed by atoms with van der Waals surface area (Å²) in [5.74, 6) is 0. The van der Waals surface area contributed by atoms with Crippen molar-refractivity contribution in [1.82, 2.24) is 5.32 Å². The summed E-state index contributed by atoms with van der Waals surface area (Å²) in [6.07, 6.45) is 0.813. The van der Waals surface area contributed by atoms with Gasteiger partial charge in [0.2, 0.25) is 0 Å². The van der Waals surface area contributed by atoms with Crippen molar-refractivity contribution in [3.63, 3.8) is 0 Å². The van der Waals surface area contributed by atoms with Gasteiger partial charge < -0.3 is 4.74 Å². The lowest BCUT2D eigenvalue weighted by Gasteiger charge is -2.20. The van der Waals surface area contributed by atoms with Crippen LogP contribution in [0.4, 0.5) is 0 Å². The van der Waals surface area contributed by atoms with Crippen LogP contribution < -0.4 is 5.32 Å². The first-order valence-electron chi connectivity index (χ1n) is 3.83. The summed E-state index contributed by atoms with van der Waals surface area (Å²) in [6, 6.07) is 2.22. The zero-order chi connectivity index (χ0) is 8.74. The van der Waals surface area contributed by atoms with Crippen molar-refractivity contribution in [2.45, 2.75) is 25.8 Å². The third-order valence-electron chi connectivity index (χ3n) is 1.78. The number of rotatable bonds is 5. The summed E-state index contributed by atoms with van der Waals surface area (Å²) in [5.41, 5.74) is -0.390. The minimum atomic E-state index is -0.390. The summed E-state index contributed by atoms with van der Waals surface area (Å²) < 4.78 is 4.85. The largest absolute Gasteiger partial charge is 0.383 e. The molecule has 0 rings (SSSR count). The van der Waals surface area contributed by atoms with Crippen LogP contribution in [0.1, 0.15) is 20.3 Å². The van der Waals surface area contributed by atoms with E-state index in [1.54, 1.807) is 7.11 Å². The Morgan fingerprint density at radius 1 is 1.64 bits per heavy atom. The molecule has 64 valence electrons. The lowest BCUT2D eigenvalue weighted by molar-refractivity contribution is 0.191. The first-order valence-corrected chi connectivity index (χ1v) is 3.83. The van der Waals surface area contributed by atoms with E-state index < -0.39 is 5.54 Å². The van der Waals surface area contributed by atoms with Crippen LogP contribution in [-0.4, -0.2) is 25.8 Å². The van der Waals surface area contributed by atoms with Gasteiger partial charge in [0.25, 0.3) is 0 Å². The minimum Gasteiger partial charge on any atom is -0.383 e. The van der Waals surface area contributed by atoms with Crippen molar-refractivity contribution < 1.29 is 4.74 Å². The molecule has 1 unspecified atom stereocenters. The van der Waals surface area contributed by atoms with Crippen LogP contribution in [0.25, 0.3) is 0 Å². The first kappa shape index (κ1) is 10.4. The normalized spacial score (nSPS) is 15.5. The van der Waals surface area contributed by atoms with Gasteiger partial charge in [0.05, 0.1) is 12.7 Å². The van der Waals surface area contributed by atoms with Gasteiger partial charge in [0.1, 0.15) is 5.54 Å². The summed E-state index contributed by atoms with van der Waals surface area (Å²) in [6.45, 7) is 5.26. The predicted molar refractivity (Wildman–Crippen MR) is 44.2 cm³/mol. The van der Waals surface area contributed by atoms with E-state index in [-0.39, 0.29) is 0 Å². The highest BCUT2D eigenvalue weighted by molar-refractivity contribution is 5.02. The molecule has 1 atom stereocenters. The fourth-order valence-electron chi connectivity index (χ4n) is 0.673. The maximum absolute atomic E-state index is 8.73. The average molecular weight is 156 g/mol. The molecule has 0 amide bonds. The van der Waals surface area contributed by atoms with Gasteiger partial charge in [-0.1, -0.05) is 6.92 Å². The molecule has 0 aromatic carbocycles. The van der Waals surface area contributed by atoms with Crippen LogP contribution in [0.15, 0.2) is 0 Å². The fraction of sp³-hybridized carbons (Fsp3) is 0.875. The molecule has 0 saturated heterocycles. The number of hydrogen-bond acceptors (Lipinski definition) is 3. The molecule has 0 saturated carbocycles. The number of ether oxygens (including phenoxy) is 1. The predicted octanol–water partition coefficient (Wildman–Crippen LogP) is 0.915. The van der Waals surface area contributed by atoms with E-state index in [2.05, 4.69) is 11.4 Å². The fourth-order valence-corrected chi connectivity index (χ4v) is 0.673. The van der Waals surface area contributed by atoms with Crippen LogP contribution in [-0.2, 0) is 4.74 Å². The number of nitrogens with zero attached hydrogens (tertiary/aromatic N) is 1. The Kier molecular flexibility index (Phi) is 4.84. The van der Waals surface area contributed by atoms with Gasteiger partial charge >= 0.3 is 0 Å². The second-order valence-corrected chi connectivity index (χ2v) is 2.72. The van der Waals surface area contributed by atoms with Crippen molar-refractivity contribution >= 4 is 0 Å². The molecular weight excluding hydrogens is 140 g/mol. The zero-order valence-corrected chi connectivity index (χ0v) is 7.48. The van der Waals surface area contributed by atoms with Crippen LogP contribution in [0.2, 0.25) is 0 Å². The topological polar surface area (TPSA) is 45.0 Å². The smallest absolute Gasteiger partial charge is 0.103 e. The third kappa shape index (κ3) is 3.97. The summed E-state index contributed by atoms with van der Waals surface area (Å²) in [4.78, 5) is 0. The zero-order valence-electron chi connectivity index (χ0n) is 7.48. The summed E-state index contributed by atoms with van der Waals surface area (Å²) >= 11 is 0. The molecule has 0 bridgehead atoms. The van der Waals surface area contributed by atoms with Gasteiger partial charge in [0.15, 0.2) is 0 Å². The lowest BCUT2D eigenvalue weighted by atomic mass is 10.0. The monoisotopic (exact) mass is 156 g/mol. The Morgan fingerprint density at radius 2 is 2.27 bits per heavy atom. The average Bonchev–Trinajstić information content (AvgIpc) is 2.05. The van der Waals surface area contributed by atoms with Crippen LogP contribution in [0.3, 0.4) is 0 Å². The first-order chi connectivity index (χ1) is 5.18. The van der Waals surface area contributed by atoms with Gasteiger partial charge in [0, 0.05) is 13.7 Å². The second kappa shape index (κ2) is 5.11. The Morgan fingerprint density at radius 3 is 2.64 bits per heavy atom. The highest BCUT2D eigenvalue weighted by Crippen LogP contribution is 2.05. The maximum atomic E-state index is 8.73. The molecule has 0 aromatic heterocycles. The molecular formula is C8H16N2O. The highest BCUT2D eigenvalue weighted by atomic mass is 16.5. The number of hydrogen-bond donors (Lipinski definition) is 1. The quantitative estimate of drug-likeness (QED) is 0.602. The molecule has 11 heavy (non-hydrogen) atoms. The van der Waals surface area contributed by atoms with E-state index in [1.165, 1.54) is 0 Å². The minimum absolute atomic E-state index is 0.390. The molecule has 0 aliphatic rings.